The predicted molar refractivity (Wildman–Crippen MR) is 68.8 cm³/mol. The van der Waals surface area contributed by atoms with E-state index in [9.17, 15) is 4.79 Å². The minimum absolute atomic E-state index is 0.0859. The van der Waals surface area contributed by atoms with Crippen molar-refractivity contribution in [3.05, 3.63) is 29.3 Å². The van der Waals surface area contributed by atoms with Crippen LogP contribution in [0.5, 0.6) is 5.75 Å². The van der Waals surface area contributed by atoms with Crippen molar-refractivity contribution >= 4 is 5.97 Å². The van der Waals surface area contributed by atoms with E-state index in [1.165, 1.54) is 5.56 Å². The van der Waals surface area contributed by atoms with Crippen molar-refractivity contribution in [2.75, 3.05) is 13.1 Å². The van der Waals surface area contributed by atoms with E-state index in [0.29, 0.717) is 6.54 Å². The van der Waals surface area contributed by atoms with E-state index >= 15 is 0 Å². The Labute approximate surface area is 107 Å². The van der Waals surface area contributed by atoms with Crippen LogP contribution in [-0.2, 0) is 11.3 Å². The number of aliphatic carboxylic acids is 1. The van der Waals surface area contributed by atoms with Gasteiger partial charge < -0.3 is 9.84 Å². The smallest absolute Gasteiger partial charge is 0.304 e. The lowest BCUT2D eigenvalue weighted by atomic mass is 10.1. The molecule has 1 N–H and O–H groups in total. The van der Waals surface area contributed by atoms with Crippen molar-refractivity contribution in [2.24, 2.45) is 0 Å². The van der Waals surface area contributed by atoms with Crippen molar-refractivity contribution in [1.29, 1.82) is 0 Å². The Morgan fingerprint density at radius 3 is 3.06 bits per heavy atom. The zero-order valence-corrected chi connectivity index (χ0v) is 10.8. The number of ether oxygens (including phenoxy) is 1. The fourth-order valence-electron chi connectivity index (χ4n) is 2.29. The molecule has 0 saturated heterocycles. The van der Waals surface area contributed by atoms with E-state index in [0.717, 1.165) is 24.4 Å². The molecule has 1 aromatic rings. The van der Waals surface area contributed by atoms with Gasteiger partial charge in [0.1, 0.15) is 11.9 Å². The molecule has 0 radical (unpaired) electrons. The normalized spacial score (nSPS) is 19.8. The first-order chi connectivity index (χ1) is 8.54. The van der Waals surface area contributed by atoms with Gasteiger partial charge in [-0.3, -0.25) is 9.69 Å². The maximum atomic E-state index is 10.7. The summed E-state index contributed by atoms with van der Waals surface area (Å²) in [6, 6.07) is 6.15. The molecule has 1 heterocycles. The lowest BCUT2D eigenvalue weighted by Crippen LogP contribution is -2.32. The highest BCUT2D eigenvalue weighted by Crippen LogP contribution is 2.26. The largest absolute Gasteiger partial charge is 0.489 e. The summed E-state index contributed by atoms with van der Waals surface area (Å²) >= 11 is 0. The number of nitrogens with zero attached hydrogens (tertiary/aromatic N) is 1. The average molecular weight is 249 g/mol. The number of carboxylic acid groups (broad SMARTS) is 1. The molecular weight excluding hydrogens is 230 g/mol. The van der Waals surface area contributed by atoms with E-state index in [4.69, 9.17) is 9.84 Å². The molecule has 1 unspecified atom stereocenters. The Balaban J connectivity index is 2.14. The van der Waals surface area contributed by atoms with Gasteiger partial charge in [-0.25, -0.2) is 0 Å². The van der Waals surface area contributed by atoms with Crippen molar-refractivity contribution < 1.29 is 14.6 Å². The van der Waals surface area contributed by atoms with E-state index < -0.39 is 5.97 Å². The Hall–Kier alpha value is -1.55. The second-order valence-electron chi connectivity index (χ2n) is 4.92. The van der Waals surface area contributed by atoms with Crippen LogP contribution >= 0.6 is 0 Å². The molecule has 1 aromatic carbocycles. The van der Waals surface area contributed by atoms with Gasteiger partial charge >= 0.3 is 5.97 Å². The first kappa shape index (κ1) is 12.9. The first-order valence-corrected chi connectivity index (χ1v) is 6.25. The molecule has 18 heavy (non-hydrogen) atoms. The van der Waals surface area contributed by atoms with Crippen LogP contribution in [0.15, 0.2) is 18.2 Å². The van der Waals surface area contributed by atoms with Crippen LogP contribution in [0.1, 0.15) is 24.5 Å². The highest BCUT2D eigenvalue weighted by atomic mass is 16.5. The van der Waals surface area contributed by atoms with Gasteiger partial charge in [-0.05, 0) is 19.9 Å². The number of benzene rings is 1. The fourth-order valence-corrected chi connectivity index (χ4v) is 2.29. The average Bonchev–Trinajstić information content (AvgIpc) is 2.44. The number of hydrogen-bond acceptors (Lipinski definition) is 3. The number of carboxylic acids is 1. The number of hydrogen-bond donors (Lipinski definition) is 1. The summed E-state index contributed by atoms with van der Waals surface area (Å²) in [6.45, 7) is 6.16. The van der Waals surface area contributed by atoms with Crippen LogP contribution in [0, 0.1) is 6.92 Å². The second kappa shape index (κ2) is 5.40. The molecule has 4 heteroatoms. The molecule has 1 aliphatic rings. The van der Waals surface area contributed by atoms with Gasteiger partial charge in [0.2, 0.25) is 0 Å². The monoisotopic (exact) mass is 249 g/mol. The molecule has 2 rings (SSSR count). The van der Waals surface area contributed by atoms with Crippen LogP contribution in [0.3, 0.4) is 0 Å². The molecule has 0 saturated carbocycles. The summed E-state index contributed by atoms with van der Waals surface area (Å²) in [7, 11) is 0. The van der Waals surface area contributed by atoms with Crippen molar-refractivity contribution in [3.63, 3.8) is 0 Å². The van der Waals surface area contributed by atoms with E-state index in [1.807, 2.05) is 19.1 Å². The third-order valence-corrected chi connectivity index (χ3v) is 3.10. The van der Waals surface area contributed by atoms with Crippen LogP contribution in [0.2, 0.25) is 0 Å². The summed E-state index contributed by atoms with van der Waals surface area (Å²) in [4.78, 5) is 12.8. The third-order valence-electron chi connectivity index (χ3n) is 3.10. The third kappa shape index (κ3) is 3.23. The molecule has 0 bridgehead atoms. The van der Waals surface area contributed by atoms with Gasteiger partial charge in [0.25, 0.3) is 0 Å². The van der Waals surface area contributed by atoms with Gasteiger partial charge in [0, 0.05) is 25.2 Å². The Morgan fingerprint density at radius 2 is 2.33 bits per heavy atom. The topological polar surface area (TPSA) is 49.8 Å². The molecule has 0 aromatic heterocycles. The molecular formula is C14H19NO3. The highest BCUT2D eigenvalue weighted by molar-refractivity contribution is 5.66. The zero-order valence-electron chi connectivity index (χ0n) is 10.8. The number of fused-ring (bicyclic) bond motifs is 1. The van der Waals surface area contributed by atoms with Crippen molar-refractivity contribution in [1.82, 2.24) is 4.90 Å². The SMILES string of the molecule is Cc1ccc2c(c1)CN(CCC(=O)O)CC(C)O2. The second-order valence-corrected chi connectivity index (χ2v) is 4.92. The predicted octanol–water partition coefficient (Wildman–Crippen LogP) is 2.05. The van der Waals surface area contributed by atoms with Crippen LogP contribution in [0.4, 0.5) is 0 Å². The molecule has 0 amide bonds. The molecule has 1 aliphatic heterocycles. The van der Waals surface area contributed by atoms with Gasteiger partial charge in [0.15, 0.2) is 0 Å². The van der Waals surface area contributed by atoms with Crippen molar-refractivity contribution in [3.8, 4) is 5.75 Å². The summed E-state index contributed by atoms with van der Waals surface area (Å²) < 4.78 is 5.86. The summed E-state index contributed by atoms with van der Waals surface area (Å²) in [5, 5.41) is 8.76. The highest BCUT2D eigenvalue weighted by Gasteiger charge is 2.20. The van der Waals surface area contributed by atoms with E-state index in [2.05, 4.69) is 17.9 Å². The minimum Gasteiger partial charge on any atom is -0.489 e. The lowest BCUT2D eigenvalue weighted by molar-refractivity contribution is -0.137. The molecule has 4 nitrogen and oxygen atoms in total. The van der Waals surface area contributed by atoms with Gasteiger partial charge in [-0.1, -0.05) is 17.7 Å². The van der Waals surface area contributed by atoms with Gasteiger partial charge in [0.05, 0.1) is 6.42 Å². The maximum Gasteiger partial charge on any atom is 0.304 e. The van der Waals surface area contributed by atoms with E-state index in [-0.39, 0.29) is 12.5 Å². The van der Waals surface area contributed by atoms with Crippen LogP contribution in [-0.4, -0.2) is 35.2 Å². The number of rotatable bonds is 3. The lowest BCUT2D eigenvalue weighted by Gasteiger charge is -2.20. The number of carbonyl (C=O) groups is 1. The summed E-state index contributed by atoms with van der Waals surface area (Å²) in [5.41, 5.74) is 2.34. The molecule has 0 spiro atoms. The van der Waals surface area contributed by atoms with Crippen LogP contribution in [0.25, 0.3) is 0 Å². The molecule has 1 atom stereocenters. The number of aryl methyl sites for hydroxylation is 1. The van der Waals surface area contributed by atoms with E-state index in [1.54, 1.807) is 0 Å². The molecule has 0 aliphatic carbocycles. The summed E-state index contributed by atoms with van der Waals surface area (Å²) in [5.74, 6) is 0.170. The Kier molecular flexibility index (Phi) is 3.87. The minimum atomic E-state index is -0.753. The summed E-state index contributed by atoms with van der Waals surface area (Å²) in [6.07, 6.45) is 0.260. The first-order valence-electron chi connectivity index (χ1n) is 6.25. The Morgan fingerprint density at radius 1 is 1.56 bits per heavy atom. The van der Waals surface area contributed by atoms with Gasteiger partial charge in [-0.2, -0.15) is 0 Å². The quantitative estimate of drug-likeness (QED) is 0.890. The maximum absolute atomic E-state index is 10.7. The van der Waals surface area contributed by atoms with Crippen LogP contribution < -0.4 is 4.74 Å². The van der Waals surface area contributed by atoms with Crippen molar-refractivity contribution in [2.45, 2.75) is 32.9 Å². The molecule has 98 valence electrons. The fraction of sp³-hybridized carbons (Fsp3) is 0.500. The molecule has 0 fully saturated rings. The van der Waals surface area contributed by atoms with Gasteiger partial charge in [-0.15, -0.1) is 0 Å². The zero-order chi connectivity index (χ0) is 13.1. The Bertz CT molecular complexity index is 445. The standard InChI is InChI=1S/C14H19NO3/c1-10-3-4-13-12(7-10)9-15(6-5-14(16)17)8-11(2)18-13/h3-4,7,11H,5-6,8-9H2,1-2H3,(H,16,17).